The van der Waals surface area contributed by atoms with E-state index in [1.807, 2.05) is 0 Å². The van der Waals surface area contributed by atoms with Crippen LogP contribution >= 0.6 is 24.0 Å². The van der Waals surface area contributed by atoms with Crippen LogP contribution in [0.3, 0.4) is 0 Å². The predicted molar refractivity (Wildman–Crippen MR) is 118 cm³/mol. The van der Waals surface area contributed by atoms with Crippen LogP contribution in [0, 0.1) is 0 Å². The van der Waals surface area contributed by atoms with E-state index in [2.05, 4.69) is 41.3 Å². The summed E-state index contributed by atoms with van der Waals surface area (Å²) >= 11 is 0. The fourth-order valence-electron chi connectivity index (χ4n) is 2.60. The van der Waals surface area contributed by atoms with Crippen LogP contribution < -0.4 is 10.6 Å². The molecule has 1 amide bonds. The Labute approximate surface area is 176 Å². The highest BCUT2D eigenvalue weighted by molar-refractivity contribution is 14.0. The van der Waals surface area contributed by atoms with Gasteiger partial charge in [0, 0.05) is 46.3 Å². The monoisotopic (exact) mass is 483 g/mol. The summed E-state index contributed by atoms with van der Waals surface area (Å²) in [6.07, 6.45) is 3.48. The molecule has 7 nitrogen and oxygen atoms in total. The van der Waals surface area contributed by atoms with Crippen LogP contribution in [0.5, 0.6) is 0 Å². The second-order valence-corrected chi connectivity index (χ2v) is 7.06. The highest BCUT2D eigenvalue weighted by atomic mass is 127. The fourth-order valence-corrected chi connectivity index (χ4v) is 2.60. The molecule has 1 rings (SSSR count). The van der Waals surface area contributed by atoms with E-state index in [0.717, 1.165) is 58.0 Å². The maximum atomic E-state index is 11.7. The number of likely N-dealkylation sites (N-methyl/N-ethyl adjacent to an activating group) is 1. The van der Waals surface area contributed by atoms with E-state index in [-0.39, 0.29) is 36.4 Å². The second kappa shape index (κ2) is 14.4. The van der Waals surface area contributed by atoms with Gasteiger partial charge in [0.1, 0.15) is 6.54 Å². The van der Waals surface area contributed by atoms with Gasteiger partial charge in [-0.15, -0.1) is 24.0 Å². The first-order valence-corrected chi connectivity index (χ1v) is 9.51. The third-order valence-electron chi connectivity index (χ3n) is 4.20. The van der Waals surface area contributed by atoms with Crippen LogP contribution in [0.25, 0.3) is 0 Å². The Hall–Kier alpha value is -0.610. The molecule has 0 saturated carbocycles. The summed E-state index contributed by atoms with van der Waals surface area (Å²) < 4.78 is 5.63. The Morgan fingerprint density at radius 3 is 2.50 bits per heavy atom. The fraction of sp³-hybridized carbons (Fsp3) is 0.889. The number of likely N-dealkylation sites (tertiary alicyclic amines) is 1. The lowest BCUT2D eigenvalue weighted by Crippen LogP contribution is -2.49. The topological polar surface area (TPSA) is 69.2 Å². The van der Waals surface area contributed by atoms with E-state index in [0.29, 0.717) is 12.1 Å². The molecule has 2 N–H and O–H groups in total. The number of amides is 1. The number of rotatable bonds is 9. The molecule has 154 valence electrons. The van der Waals surface area contributed by atoms with Gasteiger partial charge in [0.2, 0.25) is 5.91 Å². The van der Waals surface area contributed by atoms with Crippen molar-refractivity contribution in [1.82, 2.24) is 20.4 Å². The van der Waals surface area contributed by atoms with Gasteiger partial charge in [-0.2, -0.15) is 0 Å². The maximum Gasteiger partial charge on any atom is 0.243 e. The van der Waals surface area contributed by atoms with Crippen molar-refractivity contribution in [2.24, 2.45) is 4.99 Å². The average Bonchev–Trinajstić information content (AvgIpc) is 2.58. The molecule has 1 fully saturated rings. The van der Waals surface area contributed by atoms with Gasteiger partial charge >= 0.3 is 0 Å². The van der Waals surface area contributed by atoms with Crippen molar-refractivity contribution in [2.75, 3.05) is 53.4 Å². The zero-order valence-corrected chi connectivity index (χ0v) is 19.4. The number of piperidine rings is 1. The predicted octanol–water partition coefficient (Wildman–Crippen LogP) is 1.53. The molecule has 0 unspecified atom stereocenters. The highest BCUT2D eigenvalue weighted by Crippen LogP contribution is 2.10. The van der Waals surface area contributed by atoms with Crippen molar-refractivity contribution in [3.05, 3.63) is 0 Å². The van der Waals surface area contributed by atoms with Crippen molar-refractivity contribution >= 4 is 35.8 Å². The number of nitrogens with one attached hydrogen (secondary N) is 2. The quantitative estimate of drug-likeness (QED) is 0.296. The lowest BCUT2D eigenvalue weighted by Gasteiger charge is -2.33. The van der Waals surface area contributed by atoms with E-state index in [4.69, 9.17) is 4.74 Å². The first kappa shape index (κ1) is 25.4. The minimum atomic E-state index is 0. The van der Waals surface area contributed by atoms with Crippen molar-refractivity contribution in [3.63, 3.8) is 0 Å². The number of carbonyl (C=O) groups excluding carboxylic acids is 1. The van der Waals surface area contributed by atoms with Crippen molar-refractivity contribution < 1.29 is 9.53 Å². The molecule has 1 aliphatic heterocycles. The molecule has 0 bridgehead atoms. The Bertz CT molecular complexity index is 410. The molecule has 26 heavy (non-hydrogen) atoms. The van der Waals surface area contributed by atoms with Gasteiger partial charge in [0.25, 0.3) is 0 Å². The highest BCUT2D eigenvalue weighted by Gasteiger charge is 2.20. The maximum absolute atomic E-state index is 11.7. The molecular formula is C18H38IN5O2. The Morgan fingerprint density at radius 1 is 1.31 bits per heavy atom. The third kappa shape index (κ3) is 11.2. The van der Waals surface area contributed by atoms with E-state index in [1.54, 1.807) is 19.0 Å². The van der Waals surface area contributed by atoms with Crippen LogP contribution in [-0.4, -0.2) is 87.2 Å². The van der Waals surface area contributed by atoms with Gasteiger partial charge in [-0.05, 0) is 33.1 Å². The van der Waals surface area contributed by atoms with Crippen LogP contribution in [0.1, 0.15) is 40.0 Å². The number of nitrogens with zero attached hydrogens (tertiary/aromatic N) is 3. The summed E-state index contributed by atoms with van der Waals surface area (Å²) in [5.41, 5.74) is 0. The molecule has 8 heteroatoms. The van der Waals surface area contributed by atoms with Crippen molar-refractivity contribution in [3.8, 4) is 0 Å². The summed E-state index contributed by atoms with van der Waals surface area (Å²) in [5, 5.41) is 6.79. The normalized spacial score (nSPS) is 16.3. The number of guanidine groups is 1. The second-order valence-electron chi connectivity index (χ2n) is 7.06. The van der Waals surface area contributed by atoms with Gasteiger partial charge < -0.3 is 25.2 Å². The summed E-state index contributed by atoms with van der Waals surface area (Å²) in [6.45, 7) is 11.2. The van der Waals surface area contributed by atoms with Gasteiger partial charge in [-0.1, -0.05) is 6.92 Å². The Balaban J connectivity index is 0.00000625. The van der Waals surface area contributed by atoms with Gasteiger partial charge in [0.15, 0.2) is 5.96 Å². The molecule has 0 aliphatic carbocycles. The summed E-state index contributed by atoms with van der Waals surface area (Å²) in [4.78, 5) is 20.2. The van der Waals surface area contributed by atoms with Crippen LogP contribution in [-0.2, 0) is 9.53 Å². The van der Waals surface area contributed by atoms with Gasteiger partial charge in [-0.3, -0.25) is 4.79 Å². The van der Waals surface area contributed by atoms with E-state index in [9.17, 15) is 4.79 Å². The van der Waals surface area contributed by atoms with Gasteiger partial charge in [-0.25, -0.2) is 4.99 Å². The molecule has 0 aromatic carbocycles. The number of hydrogen-bond acceptors (Lipinski definition) is 4. The smallest absolute Gasteiger partial charge is 0.243 e. The Kier molecular flexibility index (Phi) is 14.1. The SMILES string of the molecule is CCCNC(=NCC(=O)N(C)C)NC1CCN(CCOC(C)C)CC1.I. The minimum absolute atomic E-state index is 0. The lowest BCUT2D eigenvalue weighted by atomic mass is 10.1. The van der Waals surface area contributed by atoms with E-state index in [1.165, 1.54) is 0 Å². The number of aliphatic imine (C=N–C) groups is 1. The van der Waals surface area contributed by atoms with Crippen LogP contribution in [0.4, 0.5) is 0 Å². The minimum Gasteiger partial charge on any atom is -0.377 e. The summed E-state index contributed by atoms with van der Waals surface area (Å²) in [5.74, 6) is 0.760. The molecular weight excluding hydrogens is 445 g/mol. The lowest BCUT2D eigenvalue weighted by molar-refractivity contribution is -0.127. The molecule has 0 aromatic heterocycles. The van der Waals surface area contributed by atoms with Crippen molar-refractivity contribution in [1.29, 1.82) is 0 Å². The van der Waals surface area contributed by atoms with E-state index >= 15 is 0 Å². The zero-order chi connectivity index (χ0) is 18.7. The molecule has 0 spiro atoms. The third-order valence-corrected chi connectivity index (χ3v) is 4.20. The van der Waals surface area contributed by atoms with Crippen LogP contribution in [0.2, 0.25) is 0 Å². The average molecular weight is 483 g/mol. The molecule has 1 saturated heterocycles. The summed E-state index contributed by atoms with van der Waals surface area (Å²) in [7, 11) is 3.51. The molecule has 0 radical (unpaired) electrons. The Morgan fingerprint density at radius 2 is 1.96 bits per heavy atom. The van der Waals surface area contributed by atoms with Crippen molar-refractivity contribution in [2.45, 2.75) is 52.2 Å². The molecule has 1 aliphatic rings. The number of carbonyl (C=O) groups is 1. The zero-order valence-electron chi connectivity index (χ0n) is 17.1. The van der Waals surface area contributed by atoms with Gasteiger partial charge in [0.05, 0.1) is 12.7 Å². The number of halogens is 1. The summed E-state index contributed by atoms with van der Waals surface area (Å²) in [6, 6.07) is 0.403. The first-order valence-electron chi connectivity index (χ1n) is 9.51. The van der Waals surface area contributed by atoms with E-state index < -0.39 is 0 Å². The number of ether oxygens (including phenoxy) is 1. The largest absolute Gasteiger partial charge is 0.377 e. The first-order chi connectivity index (χ1) is 11.9. The number of hydrogen-bond donors (Lipinski definition) is 2. The standard InChI is InChI=1S/C18H37N5O2.HI/c1-6-9-19-18(20-14-17(24)22(4)5)21-16-7-10-23(11-8-16)12-13-25-15(2)3;/h15-16H,6-14H2,1-5H3,(H2,19,20,21);1H. The van der Waals surface area contributed by atoms with Crippen LogP contribution in [0.15, 0.2) is 4.99 Å². The molecule has 0 atom stereocenters. The molecule has 0 aromatic rings. The molecule has 1 heterocycles.